The fraction of sp³-hybridized carbons (Fsp3) is 0.0833. The Hall–Kier alpha value is -4.13. The number of phenols is 1. The fourth-order valence-corrected chi connectivity index (χ4v) is 3.15. The number of esters is 1. The van der Waals surface area contributed by atoms with Crippen molar-refractivity contribution >= 4 is 28.1 Å². The first-order valence-electron chi connectivity index (χ1n) is 9.49. The Balaban J connectivity index is 1.76. The fourth-order valence-electron chi connectivity index (χ4n) is 3.15. The number of halogens is 1. The van der Waals surface area contributed by atoms with E-state index in [4.69, 9.17) is 4.74 Å². The van der Waals surface area contributed by atoms with Crippen LogP contribution in [0.4, 0.5) is 15.8 Å². The van der Waals surface area contributed by atoms with Crippen LogP contribution >= 0.6 is 0 Å². The zero-order valence-electron chi connectivity index (χ0n) is 16.8. The zero-order valence-corrected chi connectivity index (χ0v) is 16.8. The van der Waals surface area contributed by atoms with Crippen LogP contribution in [-0.4, -0.2) is 16.1 Å². The number of fused-ring (bicyclic) bond motifs is 1. The van der Waals surface area contributed by atoms with Gasteiger partial charge in [-0.15, -0.1) is 5.11 Å². The number of pyridine rings is 1. The van der Waals surface area contributed by atoms with Gasteiger partial charge in [0.05, 0.1) is 11.3 Å². The molecule has 7 heteroatoms. The van der Waals surface area contributed by atoms with Crippen LogP contribution in [0, 0.1) is 19.7 Å². The summed E-state index contributed by atoms with van der Waals surface area (Å²) in [5, 5.41) is 19.9. The van der Waals surface area contributed by atoms with E-state index in [1.807, 2.05) is 0 Å². The number of carbonyl (C=O) groups excluding carboxylic acids is 1. The molecule has 6 nitrogen and oxygen atoms in total. The SMILES string of the molecule is Cc1cc(N=Nc2cc3cnccc3cc2C(=O)Oc2ccccc2F)cc(C)c1O. The van der Waals surface area contributed by atoms with Gasteiger partial charge in [-0.1, -0.05) is 12.1 Å². The molecule has 4 rings (SSSR count). The van der Waals surface area contributed by atoms with E-state index in [2.05, 4.69) is 15.2 Å². The van der Waals surface area contributed by atoms with E-state index >= 15 is 0 Å². The van der Waals surface area contributed by atoms with Gasteiger partial charge in [-0.05, 0) is 72.8 Å². The van der Waals surface area contributed by atoms with Crippen molar-refractivity contribution in [3.63, 3.8) is 0 Å². The highest BCUT2D eigenvalue weighted by Gasteiger charge is 2.17. The number of aryl methyl sites for hydroxylation is 2. The van der Waals surface area contributed by atoms with E-state index < -0.39 is 11.8 Å². The third kappa shape index (κ3) is 4.25. The maximum absolute atomic E-state index is 13.9. The molecule has 1 heterocycles. The molecular formula is C24H18FN3O3. The standard InChI is InChI=1S/C24H18FN3O3/c1-14-9-18(10-15(2)23(14)29)27-28-21-12-17-13-26-8-7-16(17)11-19(21)24(30)31-22-6-4-3-5-20(22)25/h3-13,29H,1-2H3. The average Bonchev–Trinajstić information content (AvgIpc) is 2.76. The summed E-state index contributed by atoms with van der Waals surface area (Å²) < 4.78 is 19.2. The number of phenolic OH excluding ortho intramolecular Hbond substituents is 1. The van der Waals surface area contributed by atoms with Crippen molar-refractivity contribution in [2.75, 3.05) is 0 Å². The Morgan fingerprint density at radius 3 is 2.48 bits per heavy atom. The molecule has 0 aliphatic heterocycles. The first-order chi connectivity index (χ1) is 14.9. The number of benzene rings is 3. The first kappa shape index (κ1) is 20.2. The maximum atomic E-state index is 13.9. The monoisotopic (exact) mass is 415 g/mol. The third-order valence-electron chi connectivity index (χ3n) is 4.76. The highest BCUT2D eigenvalue weighted by Crippen LogP contribution is 2.31. The number of aromatic nitrogens is 1. The summed E-state index contributed by atoms with van der Waals surface area (Å²) >= 11 is 0. The normalized spacial score (nSPS) is 11.2. The number of rotatable bonds is 4. The van der Waals surface area contributed by atoms with E-state index in [9.17, 15) is 14.3 Å². The predicted octanol–water partition coefficient (Wildman–Crippen LogP) is 6.33. The van der Waals surface area contributed by atoms with Crippen molar-refractivity contribution in [1.29, 1.82) is 0 Å². The summed E-state index contributed by atoms with van der Waals surface area (Å²) in [7, 11) is 0. The van der Waals surface area contributed by atoms with Crippen molar-refractivity contribution in [3.05, 3.63) is 89.5 Å². The molecule has 0 amide bonds. The molecular weight excluding hydrogens is 397 g/mol. The lowest BCUT2D eigenvalue weighted by Crippen LogP contribution is -2.10. The highest BCUT2D eigenvalue weighted by atomic mass is 19.1. The van der Waals surface area contributed by atoms with Gasteiger partial charge in [0.2, 0.25) is 0 Å². The van der Waals surface area contributed by atoms with E-state index in [-0.39, 0.29) is 22.7 Å². The quantitative estimate of drug-likeness (QED) is 0.240. The second kappa shape index (κ2) is 8.31. The molecule has 31 heavy (non-hydrogen) atoms. The summed E-state index contributed by atoms with van der Waals surface area (Å²) in [5.74, 6) is -1.37. The van der Waals surface area contributed by atoms with Gasteiger partial charge in [0, 0.05) is 17.8 Å². The molecule has 0 bridgehead atoms. The van der Waals surface area contributed by atoms with Crippen LogP contribution in [0.15, 0.2) is 77.2 Å². The Kier molecular flexibility index (Phi) is 5.41. The number of carbonyl (C=O) groups is 1. The zero-order chi connectivity index (χ0) is 22.0. The van der Waals surface area contributed by atoms with Crippen LogP contribution in [-0.2, 0) is 0 Å². The van der Waals surface area contributed by atoms with Crippen LogP contribution in [0.1, 0.15) is 21.5 Å². The van der Waals surface area contributed by atoms with Gasteiger partial charge in [0.15, 0.2) is 11.6 Å². The summed E-state index contributed by atoms with van der Waals surface area (Å²) in [5.41, 5.74) is 2.24. The topological polar surface area (TPSA) is 84.1 Å². The Morgan fingerprint density at radius 2 is 1.74 bits per heavy atom. The number of aromatic hydroxyl groups is 1. The number of azo groups is 1. The maximum Gasteiger partial charge on any atom is 0.345 e. The number of hydrogen-bond donors (Lipinski definition) is 1. The van der Waals surface area contributed by atoms with Gasteiger partial charge in [0.1, 0.15) is 11.4 Å². The van der Waals surface area contributed by atoms with Crippen molar-refractivity contribution in [3.8, 4) is 11.5 Å². The highest BCUT2D eigenvalue weighted by molar-refractivity contribution is 6.01. The first-order valence-corrected chi connectivity index (χ1v) is 9.49. The molecule has 0 fully saturated rings. The van der Waals surface area contributed by atoms with Gasteiger partial charge < -0.3 is 9.84 Å². The van der Waals surface area contributed by atoms with Gasteiger partial charge in [-0.2, -0.15) is 5.11 Å². The third-order valence-corrected chi connectivity index (χ3v) is 4.76. The molecule has 0 saturated carbocycles. The molecule has 1 N–H and O–H groups in total. The molecule has 0 saturated heterocycles. The minimum atomic E-state index is -0.754. The predicted molar refractivity (Wildman–Crippen MR) is 115 cm³/mol. The van der Waals surface area contributed by atoms with Crippen LogP contribution in [0.2, 0.25) is 0 Å². The smallest absolute Gasteiger partial charge is 0.345 e. The molecule has 3 aromatic carbocycles. The second-order valence-electron chi connectivity index (χ2n) is 7.04. The molecule has 0 aliphatic rings. The van der Waals surface area contributed by atoms with Gasteiger partial charge in [-0.3, -0.25) is 4.98 Å². The second-order valence-corrected chi connectivity index (χ2v) is 7.04. The largest absolute Gasteiger partial charge is 0.507 e. The molecule has 0 aliphatic carbocycles. The summed E-state index contributed by atoms with van der Waals surface area (Å²) in [4.78, 5) is 16.9. The summed E-state index contributed by atoms with van der Waals surface area (Å²) in [6.45, 7) is 3.53. The lowest BCUT2D eigenvalue weighted by atomic mass is 10.1. The van der Waals surface area contributed by atoms with Gasteiger partial charge >= 0.3 is 5.97 Å². The molecule has 0 atom stereocenters. The molecule has 1 aromatic heterocycles. The number of hydrogen-bond acceptors (Lipinski definition) is 6. The molecule has 0 radical (unpaired) electrons. The Labute approximate surface area is 177 Å². The van der Waals surface area contributed by atoms with Crippen LogP contribution < -0.4 is 4.74 Å². The van der Waals surface area contributed by atoms with Crippen LogP contribution in [0.3, 0.4) is 0 Å². The van der Waals surface area contributed by atoms with Crippen LogP contribution in [0.5, 0.6) is 11.5 Å². The van der Waals surface area contributed by atoms with Crippen molar-refractivity contribution in [2.45, 2.75) is 13.8 Å². The Bertz CT molecular complexity index is 1310. The lowest BCUT2D eigenvalue weighted by molar-refractivity contribution is 0.0729. The Morgan fingerprint density at radius 1 is 1.00 bits per heavy atom. The average molecular weight is 415 g/mol. The number of para-hydroxylation sites is 1. The molecule has 154 valence electrons. The van der Waals surface area contributed by atoms with Gasteiger partial charge in [0.25, 0.3) is 0 Å². The van der Waals surface area contributed by atoms with E-state index in [1.165, 1.54) is 18.2 Å². The van der Waals surface area contributed by atoms with Gasteiger partial charge in [-0.25, -0.2) is 9.18 Å². The summed E-state index contributed by atoms with van der Waals surface area (Å²) in [6.07, 6.45) is 3.26. The van der Waals surface area contributed by atoms with Crippen molar-refractivity contribution in [1.82, 2.24) is 4.98 Å². The summed E-state index contributed by atoms with van der Waals surface area (Å²) in [6, 6.07) is 14.1. The minimum absolute atomic E-state index is 0.137. The van der Waals surface area contributed by atoms with Crippen LogP contribution in [0.25, 0.3) is 10.8 Å². The van der Waals surface area contributed by atoms with E-state index in [1.54, 1.807) is 62.6 Å². The van der Waals surface area contributed by atoms with Crippen molar-refractivity contribution in [2.24, 2.45) is 10.2 Å². The molecule has 0 unspecified atom stereocenters. The lowest BCUT2D eigenvalue weighted by Gasteiger charge is -2.09. The van der Waals surface area contributed by atoms with Crippen molar-refractivity contribution < 1.29 is 19.0 Å². The van der Waals surface area contributed by atoms with E-state index in [0.29, 0.717) is 16.8 Å². The molecule has 4 aromatic rings. The number of nitrogens with zero attached hydrogens (tertiary/aromatic N) is 3. The molecule has 0 spiro atoms. The number of ether oxygens (including phenoxy) is 1. The van der Waals surface area contributed by atoms with E-state index in [0.717, 1.165) is 10.8 Å². The minimum Gasteiger partial charge on any atom is -0.507 e.